The van der Waals surface area contributed by atoms with Crippen LogP contribution in [0, 0.1) is 0 Å². The van der Waals surface area contributed by atoms with E-state index in [0.29, 0.717) is 0 Å². The van der Waals surface area contributed by atoms with Gasteiger partial charge in [-0.25, -0.2) is 13.4 Å². The van der Waals surface area contributed by atoms with Gasteiger partial charge in [0.05, 0.1) is 37.6 Å². The molecule has 0 aliphatic rings. The van der Waals surface area contributed by atoms with Crippen LogP contribution in [0.15, 0.2) is 198 Å². The Balaban J connectivity index is 1.07. The lowest BCUT2D eigenvalue weighted by molar-refractivity contribution is 0.596. The Morgan fingerprint density at radius 2 is 0.925 bits per heavy atom. The number of para-hydroxylation sites is 3. The molecule has 10 rings (SSSR count). The van der Waals surface area contributed by atoms with Crippen molar-refractivity contribution < 1.29 is 8.42 Å². The Morgan fingerprint density at radius 1 is 0.377 bits per heavy atom. The molecule has 0 saturated heterocycles. The molecule has 0 amide bonds. The highest BCUT2D eigenvalue weighted by Gasteiger charge is 2.19. The van der Waals surface area contributed by atoms with E-state index in [4.69, 9.17) is 4.98 Å². The Hall–Kier alpha value is -6.76. The van der Waals surface area contributed by atoms with Gasteiger partial charge in [-0.2, -0.15) is 0 Å². The van der Waals surface area contributed by atoms with Crippen LogP contribution >= 0.6 is 0 Å². The van der Waals surface area contributed by atoms with E-state index in [1.54, 1.807) is 36.4 Å². The van der Waals surface area contributed by atoms with Crippen molar-refractivity contribution in [3.63, 3.8) is 0 Å². The van der Waals surface area contributed by atoms with Crippen molar-refractivity contribution in [2.75, 3.05) is 0 Å². The Morgan fingerprint density at radius 3 is 1.68 bits per heavy atom. The molecule has 252 valence electrons. The molecule has 0 atom stereocenters. The second-order valence-corrected chi connectivity index (χ2v) is 15.2. The van der Waals surface area contributed by atoms with Crippen molar-refractivity contribution in [2.45, 2.75) is 9.79 Å². The van der Waals surface area contributed by atoms with Crippen LogP contribution < -0.4 is 0 Å². The SMILES string of the molecule is O=S(=O)(c1ccccc1)c1ccc(-c2cccc(-n3c4ccccc4c4cc(-c5ccc6c7ccccc7n(-c7ccccc7)c6c5)ccc43)n2)cc1. The maximum absolute atomic E-state index is 13.2. The molecule has 0 N–H and O–H groups in total. The van der Waals surface area contributed by atoms with Gasteiger partial charge < -0.3 is 4.57 Å². The summed E-state index contributed by atoms with van der Waals surface area (Å²) >= 11 is 0. The summed E-state index contributed by atoms with van der Waals surface area (Å²) in [5, 5.41) is 4.75. The van der Waals surface area contributed by atoms with Crippen molar-refractivity contribution in [3.05, 3.63) is 188 Å². The summed E-state index contributed by atoms with van der Waals surface area (Å²) in [6, 6.07) is 62.5. The maximum Gasteiger partial charge on any atom is 0.206 e. The number of rotatable bonds is 6. The van der Waals surface area contributed by atoms with Crippen LogP contribution in [-0.4, -0.2) is 22.5 Å². The van der Waals surface area contributed by atoms with E-state index >= 15 is 0 Å². The summed E-state index contributed by atoms with van der Waals surface area (Å²) in [5.74, 6) is 0.788. The molecule has 7 aromatic carbocycles. The molecule has 0 radical (unpaired) electrons. The first-order chi connectivity index (χ1) is 26.0. The quantitative estimate of drug-likeness (QED) is 0.173. The second-order valence-electron chi connectivity index (χ2n) is 13.2. The van der Waals surface area contributed by atoms with Gasteiger partial charge in [0.25, 0.3) is 0 Å². The molecular formula is C47H31N3O2S. The monoisotopic (exact) mass is 701 g/mol. The zero-order valence-corrected chi connectivity index (χ0v) is 29.3. The third-order valence-electron chi connectivity index (χ3n) is 10.2. The number of nitrogens with zero attached hydrogens (tertiary/aromatic N) is 3. The molecule has 3 heterocycles. The molecule has 5 nitrogen and oxygen atoms in total. The van der Waals surface area contributed by atoms with Crippen LogP contribution in [0.2, 0.25) is 0 Å². The zero-order chi connectivity index (χ0) is 35.5. The minimum atomic E-state index is -3.61. The average molecular weight is 702 g/mol. The van der Waals surface area contributed by atoms with E-state index in [2.05, 4.69) is 124 Å². The van der Waals surface area contributed by atoms with E-state index in [1.165, 1.54) is 21.8 Å². The van der Waals surface area contributed by atoms with Gasteiger partial charge in [0.2, 0.25) is 9.84 Å². The van der Waals surface area contributed by atoms with Gasteiger partial charge in [0, 0.05) is 32.8 Å². The lowest BCUT2D eigenvalue weighted by Crippen LogP contribution is -2.02. The highest BCUT2D eigenvalue weighted by atomic mass is 32.2. The number of benzene rings is 7. The highest BCUT2D eigenvalue weighted by molar-refractivity contribution is 7.91. The smallest absolute Gasteiger partial charge is 0.206 e. The van der Waals surface area contributed by atoms with Gasteiger partial charge in [-0.15, -0.1) is 0 Å². The van der Waals surface area contributed by atoms with Crippen molar-refractivity contribution in [2.24, 2.45) is 0 Å². The molecule has 0 aliphatic carbocycles. The molecule has 0 aliphatic heterocycles. The molecule has 10 aromatic rings. The Kier molecular flexibility index (Phi) is 7.13. The topological polar surface area (TPSA) is 56.9 Å². The van der Waals surface area contributed by atoms with Gasteiger partial charge in [-0.1, -0.05) is 109 Å². The second kappa shape index (κ2) is 12.2. The van der Waals surface area contributed by atoms with E-state index in [1.807, 2.05) is 36.4 Å². The average Bonchev–Trinajstić information content (AvgIpc) is 3.74. The first-order valence-corrected chi connectivity index (χ1v) is 19.0. The van der Waals surface area contributed by atoms with E-state index in [9.17, 15) is 8.42 Å². The van der Waals surface area contributed by atoms with Crippen LogP contribution in [0.1, 0.15) is 0 Å². The number of fused-ring (bicyclic) bond motifs is 6. The minimum absolute atomic E-state index is 0.252. The summed E-state index contributed by atoms with van der Waals surface area (Å²) in [6.45, 7) is 0. The number of sulfone groups is 1. The largest absolute Gasteiger partial charge is 0.309 e. The molecule has 6 heteroatoms. The lowest BCUT2D eigenvalue weighted by Gasteiger charge is -2.11. The predicted molar refractivity (Wildman–Crippen MR) is 216 cm³/mol. The zero-order valence-electron chi connectivity index (χ0n) is 28.5. The molecule has 3 aromatic heterocycles. The fourth-order valence-electron chi connectivity index (χ4n) is 7.65. The van der Waals surface area contributed by atoms with Gasteiger partial charge in [-0.3, -0.25) is 4.57 Å². The normalized spacial score (nSPS) is 11.9. The highest BCUT2D eigenvalue weighted by Crippen LogP contribution is 2.38. The van der Waals surface area contributed by atoms with Crippen LogP contribution in [0.5, 0.6) is 0 Å². The van der Waals surface area contributed by atoms with Crippen molar-refractivity contribution in [1.29, 1.82) is 0 Å². The summed E-state index contributed by atoms with van der Waals surface area (Å²) in [4.78, 5) is 5.65. The van der Waals surface area contributed by atoms with Crippen LogP contribution in [-0.2, 0) is 9.84 Å². The minimum Gasteiger partial charge on any atom is -0.309 e. The fourth-order valence-corrected chi connectivity index (χ4v) is 8.94. The summed E-state index contributed by atoms with van der Waals surface area (Å²) < 4.78 is 31.0. The van der Waals surface area contributed by atoms with Crippen LogP contribution in [0.4, 0.5) is 0 Å². The van der Waals surface area contributed by atoms with E-state index in [-0.39, 0.29) is 9.79 Å². The molecule has 0 spiro atoms. The molecular weight excluding hydrogens is 671 g/mol. The Bertz CT molecular complexity index is 3110. The van der Waals surface area contributed by atoms with Crippen LogP contribution in [0.3, 0.4) is 0 Å². The summed E-state index contributed by atoms with van der Waals surface area (Å²) in [7, 11) is -3.61. The first kappa shape index (κ1) is 31.0. The van der Waals surface area contributed by atoms with Crippen LogP contribution in [0.25, 0.3) is 77.5 Å². The summed E-state index contributed by atoms with van der Waals surface area (Å²) in [6.07, 6.45) is 0. The molecule has 0 bridgehead atoms. The maximum atomic E-state index is 13.2. The molecule has 0 unspecified atom stereocenters. The van der Waals surface area contributed by atoms with E-state index in [0.717, 1.165) is 55.7 Å². The Labute approximate surface area is 306 Å². The predicted octanol–water partition coefficient (Wildman–Crippen LogP) is 11.4. The third kappa shape index (κ3) is 5.06. The molecule has 0 fully saturated rings. The lowest BCUT2D eigenvalue weighted by atomic mass is 10.0. The van der Waals surface area contributed by atoms with Gasteiger partial charge in [0.1, 0.15) is 5.82 Å². The molecule has 53 heavy (non-hydrogen) atoms. The number of hydrogen-bond donors (Lipinski definition) is 0. The number of pyridine rings is 1. The van der Waals surface area contributed by atoms with Crippen molar-refractivity contribution in [3.8, 4) is 33.9 Å². The number of hydrogen-bond acceptors (Lipinski definition) is 3. The van der Waals surface area contributed by atoms with Gasteiger partial charge in [-0.05, 0) is 90.0 Å². The third-order valence-corrected chi connectivity index (χ3v) is 12.0. The fraction of sp³-hybridized carbons (Fsp3) is 0. The summed E-state index contributed by atoms with van der Waals surface area (Å²) in [5.41, 5.74) is 9.50. The van der Waals surface area contributed by atoms with E-state index < -0.39 is 9.84 Å². The van der Waals surface area contributed by atoms with Gasteiger partial charge >= 0.3 is 0 Å². The first-order valence-electron chi connectivity index (χ1n) is 17.5. The van der Waals surface area contributed by atoms with Gasteiger partial charge in [0.15, 0.2) is 0 Å². The number of aromatic nitrogens is 3. The molecule has 0 saturated carbocycles. The van der Waals surface area contributed by atoms with Crippen molar-refractivity contribution >= 4 is 53.4 Å². The standard InChI is InChI=1S/C47H31N3O2S/c51-53(52,36-14-5-2-6-15-36)37-26-22-32(23-27-37)42-18-11-21-47(48-42)50-44-20-10-8-17-39(44)41-30-33(25-29-45(41)50)34-24-28-40-38-16-7-9-19-43(38)49(46(40)31-34)35-12-3-1-4-13-35/h1-31H. The van der Waals surface area contributed by atoms with Crippen molar-refractivity contribution in [1.82, 2.24) is 14.1 Å².